The van der Waals surface area contributed by atoms with Crippen LogP contribution in [0, 0.1) is 0 Å². The summed E-state index contributed by atoms with van der Waals surface area (Å²) in [5.41, 5.74) is 18.0. The van der Waals surface area contributed by atoms with Crippen molar-refractivity contribution in [3.05, 3.63) is 320 Å². The van der Waals surface area contributed by atoms with Crippen LogP contribution in [0.5, 0.6) is 0 Å². The highest BCUT2D eigenvalue weighted by molar-refractivity contribution is 9.46. The Morgan fingerprint density at radius 3 is 1.07 bits per heavy atom. The first-order valence-electron chi connectivity index (χ1n) is 41.3. The van der Waals surface area contributed by atoms with E-state index in [4.69, 9.17) is 44.9 Å². The first kappa shape index (κ1) is 106. The van der Waals surface area contributed by atoms with Crippen LogP contribution in [-0.2, 0) is 6.42 Å². The summed E-state index contributed by atoms with van der Waals surface area (Å²) in [5.74, 6) is 2.13. The molecule has 1 aliphatic rings. The molecular weight excluding hydrogens is 2390 g/mol. The summed E-state index contributed by atoms with van der Waals surface area (Å²) in [6.07, 6.45) is 8.35. The highest BCUT2D eigenvalue weighted by atomic mass is 79.9. The van der Waals surface area contributed by atoms with E-state index in [0.717, 1.165) is 174 Å². The zero-order chi connectivity index (χ0) is 94.6. The summed E-state index contributed by atoms with van der Waals surface area (Å²) in [4.78, 5) is 49.8. The Bertz CT molecular complexity index is 7830. The minimum atomic E-state index is -0.0908. The number of fused-ring (bicyclic) bond motifs is 20. The molecule has 0 aliphatic heterocycles. The lowest BCUT2D eigenvalue weighted by Gasteiger charge is -2.54. The van der Waals surface area contributed by atoms with Crippen molar-refractivity contribution in [2.45, 2.75) is 6.42 Å². The monoisotopic (exact) mass is 2480 g/mol. The second-order valence-electron chi connectivity index (χ2n) is 30.6. The molecule has 0 fully saturated rings. The minimum Gasteiger partial charge on any atom is -0.278 e. The number of halogens is 1. The van der Waals surface area contributed by atoms with Crippen LogP contribution in [0.2, 0.25) is 0 Å². The van der Waals surface area contributed by atoms with Gasteiger partial charge in [-0.05, 0) is 257 Å². The highest BCUT2D eigenvalue weighted by Gasteiger charge is 2.53. The lowest BCUT2D eigenvalue weighted by Crippen LogP contribution is -2.05. The fourth-order valence-corrected chi connectivity index (χ4v) is 487. The van der Waals surface area contributed by atoms with Crippen molar-refractivity contribution in [1.82, 2.24) is 63.5 Å². The molecule has 0 radical (unpaired) electrons. The molecule has 22 atom stereocenters. The molecule has 1 aliphatic carbocycles. The quantitative estimate of drug-likeness (QED) is 0.0387. The molecule has 11 heterocycles. The maximum atomic E-state index is 5.40. The van der Waals surface area contributed by atoms with Gasteiger partial charge in [0, 0.05) is 102 Å². The van der Waals surface area contributed by atoms with E-state index >= 15 is 0 Å². The van der Waals surface area contributed by atoms with Crippen molar-refractivity contribution in [3.8, 4) is 51.2 Å². The van der Waals surface area contributed by atoms with Crippen molar-refractivity contribution in [2.75, 3.05) is 0 Å². The lowest BCUT2D eigenvalue weighted by atomic mass is 9.98. The highest BCUT2D eigenvalue weighted by Crippen LogP contribution is 3.41. The first-order valence-corrected chi connectivity index (χ1v) is 105. The van der Waals surface area contributed by atoms with Crippen LogP contribution in [0.4, 0.5) is 0 Å². The van der Waals surface area contributed by atoms with E-state index in [1.54, 1.807) is 0 Å². The van der Waals surface area contributed by atoms with Gasteiger partial charge in [-0.15, -0.1) is 161 Å². The zero-order valence-electron chi connectivity index (χ0n) is 71.8. The molecule has 49 heteroatoms. The van der Waals surface area contributed by atoms with Gasteiger partial charge in [0.2, 0.25) is 5.95 Å². The maximum Gasteiger partial charge on any atom is 0.237 e. The van der Waals surface area contributed by atoms with Gasteiger partial charge < -0.3 is 0 Å². The summed E-state index contributed by atoms with van der Waals surface area (Å²) in [6, 6.07) is 96.4. The number of benzene rings is 10. The van der Waals surface area contributed by atoms with Gasteiger partial charge in [0.1, 0.15) is 39.6 Å². The lowest BCUT2D eigenvalue weighted by molar-refractivity contribution is 0.998. The normalized spacial score (nSPS) is 13.2. The number of hydrogen-bond donors (Lipinski definition) is 0. The number of pyridine rings is 6. The number of nitrogens with zero attached hydrogens (tertiary/aromatic N) is 13. The molecule has 136 heavy (non-hydrogen) atoms. The maximum absolute atomic E-state index is 5.40. The van der Waals surface area contributed by atoms with E-state index in [2.05, 4.69) is 444 Å². The number of aromatic nitrogens is 13. The third kappa shape index (κ3) is 22.1. The molecule has 684 valence electrons. The second-order valence-corrected chi connectivity index (χ2v) is 171. The number of hydrogen-bond acceptors (Lipinski definition) is 10. The second kappa shape index (κ2) is 48.2. The SMILES string of the molecule is Brc1nc(-c2cccc3ccccc23)c2ccc3ccc(-n4c5ccccc5c5cccnc54)nc3c2n1.PPP(P)P(P(P(P)P)P(P)P)P(P(P(P)P)P(P)P)P(P(P(P)P)P(P)P)P(P(P)P)P(P)P.c1ccc2c(-c3nc(-n4c5ccccc5c5cccnc54)nc4c3ccc3ccc(-n5c6ccccc6c6cccnc65)nc34)cccc2c1.c1ccc2c(c1)Cc1ncccc1-2. The topological polar surface area (TPSA) is 144 Å². The Balaban J connectivity index is 0.000000124. The summed E-state index contributed by atoms with van der Waals surface area (Å²) in [7, 11) is 61.2. The molecular formula is C87H89BrN13P35. The molecule has 0 N–H and O–H groups in total. The molecule has 22 unspecified atom stereocenters. The van der Waals surface area contributed by atoms with Crippen LogP contribution in [0.25, 0.3) is 182 Å². The fourth-order valence-electron chi connectivity index (χ4n) is 17.1. The fraction of sp³-hybridized carbons (Fsp3) is 0.0115. The van der Waals surface area contributed by atoms with E-state index in [1.165, 1.54) is 27.8 Å². The molecule has 13 nitrogen and oxygen atoms in total. The molecule has 0 saturated heterocycles. The van der Waals surface area contributed by atoms with E-state index in [-0.39, 0.29) is 112 Å². The van der Waals surface area contributed by atoms with Gasteiger partial charge in [0.25, 0.3) is 0 Å². The van der Waals surface area contributed by atoms with Crippen molar-refractivity contribution in [3.63, 3.8) is 0 Å². The van der Waals surface area contributed by atoms with Crippen LogP contribution < -0.4 is 0 Å². The van der Waals surface area contributed by atoms with Crippen molar-refractivity contribution in [1.29, 1.82) is 0 Å². The van der Waals surface area contributed by atoms with Crippen LogP contribution in [0.3, 0.4) is 0 Å². The van der Waals surface area contributed by atoms with E-state index in [1.807, 2.05) is 55.1 Å². The number of para-hydroxylation sites is 3. The summed E-state index contributed by atoms with van der Waals surface area (Å²) >= 11 is 3.59. The average Bonchev–Trinajstić information content (AvgIpc) is 1.44. The van der Waals surface area contributed by atoms with Crippen molar-refractivity contribution in [2.24, 2.45) is 0 Å². The predicted molar refractivity (Wildman–Crippen MR) is 706 cm³/mol. The minimum absolute atomic E-state index is 0.000784. The Morgan fingerprint density at radius 1 is 0.257 bits per heavy atom. The Morgan fingerprint density at radius 2 is 0.603 bits per heavy atom. The molecule has 0 saturated carbocycles. The van der Waals surface area contributed by atoms with Gasteiger partial charge in [-0.25, -0.2) is 44.9 Å². The summed E-state index contributed by atoms with van der Waals surface area (Å²) in [6.45, 7) is -0.621. The van der Waals surface area contributed by atoms with Gasteiger partial charge in [-0.2, -0.15) is 0 Å². The van der Waals surface area contributed by atoms with E-state index in [9.17, 15) is 0 Å². The Hall–Kier alpha value is 1.75. The van der Waals surface area contributed by atoms with E-state index < -0.39 is 0 Å². The van der Waals surface area contributed by atoms with Gasteiger partial charge in [0.05, 0.1) is 44.7 Å². The average molecular weight is 2480 g/mol. The third-order valence-corrected chi connectivity index (χ3v) is 258. The molecule has 10 aromatic carbocycles. The largest absolute Gasteiger partial charge is 0.278 e. The van der Waals surface area contributed by atoms with Crippen molar-refractivity contribution < 1.29 is 0 Å². The molecule has 22 rings (SSSR count). The molecule has 0 amide bonds. The summed E-state index contributed by atoms with van der Waals surface area (Å²) < 4.78 is 6.89. The van der Waals surface area contributed by atoms with Gasteiger partial charge in [0.15, 0.2) is 4.73 Å². The van der Waals surface area contributed by atoms with Crippen LogP contribution in [0.1, 0.15) is 11.3 Å². The van der Waals surface area contributed by atoms with Crippen LogP contribution in [-0.4, -0.2) is 63.5 Å². The summed E-state index contributed by atoms with van der Waals surface area (Å²) in [5, 5.41) is 15.1. The van der Waals surface area contributed by atoms with Crippen molar-refractivity contribution >= 4 is 427 Å². The smallest absolute Gasteiger partial charge is 0.237 e. The molecule has 0 spiro atoms. The Labute approximate surface area is 859 Å². The zero-order valence-corrected chi connectivity index (χ0v) is 109. The molecule has 11 aromatic heterocycles. The van der Waals surface area contributed by atoms with Crippen LogP contribution in [0.15, 0.2) is 309 Å². The first-order chi connectivity index (χ1) is 66.0. The standard InChI is InChI=1S/C43H25N7.C32H18BrN5.C12H9N.H37P35/c1-2-12-28-26(10-1)11-7-15-31(28)39-34-22-20-27-21-23-37(49-35-18-5-3-13-29(35)32-16-8-24-44-41(32)49)46-38(27)40(34)48-43(47-39)50-36-19-6-4-14-30(36)33-17-9-25-45-42(33)50;33-32-36-29(23-11-5-8-19-7-1-2-9-21(19)23)25-16-14-20-15-17-27(35-28(20)30(25)37-32)38-26-13-4-3-10-22(26)24-12-6-18-34-31(24)38;1-2-5-10-9(4-1)8-12-11(10)6-3-7-13-12;1-19-28(18)33(29(20(2)3)21(4)5)35(32(26(14)15)27(16)17)34(30(22(6)7)23(8)9)31(24(10)11)25(12)13/h1-25H;1-18H;1-7H,8H2;19H,1-18H2. The molecule has 0 bridgehead atoms. The number of rotatable bonds is 21. The van der Waals surface area contributed by atoms with Gasteiger partial charge in [-0.1, -0.05) is 190 Å². The van der Waals surface area contributed by atoms with Gasteiger partial charge >= 0.3 is 0 Å². The third-order valence-electron chi connectivity index (χ3n) is 22.5. The van der Waals surface area contributed by atoms with Gasteiger partial charge in [-0.3, -0.25) is 18.7 Å². The Kier molecular flexibility index (Phi) is 37.6. The van der Waals surface area contributed by atoms with Crippen LogP contribution >= 0.6 is 296 Å². The predicted octanol–water partition coefficient (Wildman–Crippen LogP) is 41.1. The van der Waals surface area contributed by atoms with E-state index in [0.29, 0.717) is 10.7 Å². The molecule has 21 aromatic rings.